The lowest BCUT2D eigenvalue weighted by molar-refractivity contribution is 0.0177. The Hall–Kier alpha value is -0.560. The third-order valence-electron chi connectivity index (χ3n) is 2.87. The largest absolute Gasteiger partial charge is 0.389 e. The summed E-state index contributed by atoms with van der Waals surface area (Å²) in [6.45, 7) is 9.92. The van der Waals surface area contributed by atoms with E-state index in [1.807, 2.05) is 13.8 Å². The topological polar surface area (TPSA) is 26.7 Å². The molecule has 1 saturated heterocycles. The van der Waals surface area contributed by atoms with E-state index in [4.69, 9.17) is 6.42 Å². The first-order chi connectivity index (χ1) is 7.51. The van der Waals surface area contributed by atoms with E-state index >= 15 is 0 Å². The number of aliphatic hydroxyl groups is 1. The Balaban J connectivity index is 2.16. The maximum Gasteiger partial charge on any atom is 0.0718 e. The van der Waals surface area contributed by atoms with E-state index in [-0.39, 0.29) is 0 Å². The Labute approximate surface area is 99.4 Å². The molecular formula is C13H24N2O. The molecule has 1 fully saturated rings. The first-order valence-electron chi connectivity index (χ1n) is 6.12. The van der Waals surface area contributed by atoms with E-state index in [1.54, 1.807) is 0 Å². The van der Waals surface area contributed by atoms with Gasteiger partial charge in [0.1, 0.15) is 0 Å². The summed E-state index contributed by atoms with van der Waals surface area (Å²) >= 11 is 0. The van der Waals surface area contributed by atoms with Crippen LogP contribution in [0.3, 0.4) is 0 Å². The van der Waals surface area contributed by atoms with Crippen LogP contribution in [-0.4, -0.2) is 59.8 Å². The molecule has 1 rings (SSSR count). The number of rotatable bonds is 5. The molecule has 0 aromatic carbocycles. The van der Waals surface area contributed by atoms with Crippen molar-refractivity contribution in [2.45, 2.75) is 32.3 Å². The molecule has 0 amide bonds. The molecule has 0 saturated carbocycles. The van der Waals surface area contributed by atoms with Crippen molar-refractivity contribution in [3.63, 3.8) is 0 Å². The average Bonchev–Trinajstić information content (AvgIpc) is 2.19. The molecule has 0 aromatic rings. The molecule has 92 valence electrons. The Morgan fingerprint density at radius 2 is 1.75 bits per heavy atom. The Bertz CT molecular complexity index is 231. The second kappa shape index (κ2) is 6.24. The molecule has 0 atom stereocenters. The zero-order valence-electron chi connectivity index (χ0n) is 10.6. The summed E-state index contributed by atoms with van der Waals surface area (Å²) in [5.41, 5.74) is -0.578. The molecule has 16 heavy (non-hydrogen) atoms. The highest BCUT2D eigenvalue weighted by Crippen LogP contribution is 2.09. The third kappa shape index (κ3) is 5.50. The number of hydrogen-bond acceptors (Lipinski definition) is 3. The summed E-state index contributed by atoms with van der Waals surface area (Å²) in [4.78, 5) is 4.79. The molecule has 3 heteroatoms. The molecule has 0 radical (unpaired) electrons. The lowest BCUT2D eigenvalue weighted by Crippen LogP contribution is -2.50. The molecule has 1 aliphatic rings. The summed E-state index contributed by atoms with van der Waals surface area (Å²) in [5, 5.41) is 9.73. The maximum atomic E-state index is 9.73. The highest BCUT2D eigenvalue weighted by molar-refractivity contribution is 4.84. The zero-order chi connectivity index (χ0) is 12.0. The third-order valence-corrected chi connectivity index (χ3v) is 2.87. The second-order valence-corrected chi connectivity index (χ2v) is 5.24. The average molecular weight is 224 g/mol. The first kappa shape index (κ1) is 13.5. The summed E-state index contributed by atoms with van der Waals surface area (Å²) in [5.74, 6) is 2.68. The van der Waals surface area contributed by atoms with Crippen molar-refractivity contribution in [1.29, 1.82) is 0 Å². The summed E-state index contributed by atoms with van der Waals surface area (Å²) < 4.78 is 0. The Morgan fingerprint density at radius 3 is 2.25 bits per heavy atom. The van der Waals surface area contributed by atoms with Crippen LogP contribution in [0.5, 0.6) is 0 Å². The smallest absolute Gasteiger partial charge is 0.0718 e. The van der Waals surface area contributed by atoms with Crippen LogP contribution >= 0.6 is 0 Å². The fourth-order valence-corrected chi connectivity index (χ4v) is 2.12. The molecule has 1 heterocycles. The van der Waals surface area contributed by atoms with Gasteiger partial charge in [0.15, 0.2) is 0 Å². The molecule has 0 aliphatic carbocycles. The molecule has 0 unspecified atom stereocenters. The standard InChI is InChI=1S/C13H24N2O/c1-4-5-6-7-14-8-10-15(11-9-14)12-13(2,3)16/h1,16H,5-12H2,2-3H3. The number of piperazine rings is 1. The van der Waals surface area contributed by atoms with Crippen LogP contribution in [0.15, 0.2) is 0 Å². The minimum absolute atomic E-state index is 0.578. The zero-order valence-corrected chi connectivity index (χ0v) is 10.6. The van der Waals surface area contributed by atoms with E-state index in [9.17, 15) is 5.11 Å². The van der Waals surface area contributed by atoms with Gasteiger partial charge in [-0.2, -0.15) is 0 Å². The Kier molecular flexibility index (Phi) is 5.27. The van der Waals surface area contributed by atoms with Crippen molar-refractivity contribution in [2.24, 2.45) is 0 Å². The fraction of sp³-hybridized carbons (Fsp3) is 0.846. The predicted molar refractivity (Wildman–Crippen MR) is 67.2 cm³/mol. The molecular weight excluding hydrogens is 200 g/mol. The van der Waals surface area contributed by atoms with Gasteiger partial charge in [-0.3, -0.25) is 4.90 Å². The van der Waals surface area contributed by atoms with Crippen molar-refractivity contribution in [3.05, 3.63) is 0 Å². The van der Waals surface area contributed by atoms with Crippen LogP contribution < -0.4 is 0 Å². The van der Waals surface area contributed by atoms with Gasteiger partial charge in [-0.15, -0.1) is 12.3 Å². The monoisotopic (exact) mass is 224 g/mol. The number of terminal acetylenes is 1. The highest BCUT2D eigenvalue weighted by Gasteiger charge is 2.22. The van der Waals surface area contributed by atoms with Crippen molar-refractivity contribution in [1.82, 2.24) is 9.80 Å². The molecule has 0 aromatic heterocycles. The van der Waals surface area contributed by atoms with Crippen LogP contribution in [0.25, 0.3) is 0 Å². The summed E-state index contributed by atoms with van der Waals surface area (Å²) in [6.07, 6.45) is 7.21. The van der Waals surface area contributed by atoms with Crippen molar-refractivity contribution >= 4 is 0 Å². The van der Waals surface area contributed by atoms with Gasteiger partial charge in [-0.05, 0) is 26.8 Å². The van der Waals surface area contributed by atoms with Crippen molar-refractivity contribution < 1.29 is 5.11 Å². The van der Waals surface area contributed by atoms with E-state index in [2.05, 4.69) is 15.7 Å². The van der Waals surface area contributed by atoms with Gasteiger partial charge in [0.05, 0.1) is 5.60 Å². The van der Waals surface area contributed by atoms with Crippen molar-refractivity contribution in [3.8, 4) is 12.3 Å². The first-order valence-corrected chi connectivity index (χ1v) is 6.12. The summed E-state index contributed by atoms with van der Waals surface area (Å²) in [7, 11) is 0. The minimum Gasteiger partial charge on any atom is -0.389 e. The van der Waals surface area contributed by atoms with Gasteiger partial charge >= 0.3 is 0 Å². The highest BCUT2D eigenvalue weighted by atomic mass is 16.3. The van der Waals surface area contributed by atoms with E-state index in [0.717, 1.165) is 52.1 Å². The fourth-order valence-electron chi connectivity index (χ4n) is 2.12. The van der Waals surface area contributed by atoms with Crippen molar-refractivity contribution in [2.75, 3.05) is 39.3 Å². The number of nitrogens with zero attached hydrogens (tertiary/aromatic N) is 2. The predicted octanol–water partition coefficient (Wildman–Crippen LogP) is 0.788. The number of unbranched alkanes of at least 4 members (excludes halogenated alkanes) is 1. The number of hydrogen-bond donors (Lipinski definition) is 1. The quantitative estimate of drug-likeness (QED) is 0.552. The Morgan fingerprint density at radius 1 is 1.19 bits per heavy atom. The van der Waals surface area contributed by atoms with Gasteiger partial charge < -0.3 is 10.0 Å². The molecule has 1 aliphatic heterocycles. The van der Waals surface area contributed by atoms with Crippen LogP contribution in [-0.2, 0) is 0 Å². The number of β-amino-alcohol motifs (C(OH)–C–C–N with tert-alkyl or cyclic N) is 1. The van der Waals surface area contributed by atoms with Gasteiger partial charge in [0.25, 0.3) is 0 Å². The van der Waals surface area contributed by atoms with Gasteiger partial charge in [0, 0.05) is 39.1 Å². The lowest BCUT2D eigenvalue weighted by Gasteiger charge is -2.37. The molecule has 0 spiro atoms. The van der Waals surface area contributed by atoms with Crippen LogP contribution in [0.4, 0.5) is 0 Å². The molecule has 3 nitrogen and oxygen atoms in total. The minimum atomic E-state index is -0.578. The van der Waals surface area contributed by atoms with Gasteiger partial charge in [0.2, 0.25) is 0 Å². The normalized spacial score (nSPS) is 19.6. The molecule has 1 N–H and O–H groups in total. The van der Waals surface area contributed by atoms with Crippen LogP contribution in [0.1, 0.15) is 26.7 Å². The maximum absolute atomic E-state index is 9.73. The second-order valence-electron chi connectivity index (χ2n) is 5.24. The van der Waals surface area contributed by atoms with E-state index in [0.29, 0.717) is 0 Å². The lowest BCUT2D eigenvalue weighted by atomic mass is 10.1. The SMILES string of the molecule is C#CCCCN1CCN(CC(C)(C)O)CC1. The van der Waals surface area contributed by atoms with Crippen LogP contribution in [0.2, 0.25) is 0 Å². The summed E-state index contributed by atoms with van der Waals surface area (Å²) in [6, 6.07) is 0. The van der Waals surface area contributed by atoms with E-state index < -0.39 is 5.60 Å². The van der Waals surface area contributed by atoms with Gasteiger partial charge in [-0.25, -0.2) is 0 Å². The van der Waals surface area contributed by atoms with Crippen LogP contribution in [0, 0.1) is 12.3 Å². The van der Waals surface area contributed by atoms with E-state index in [1.165, 1.54) is 0 Å². The molecule has 0 bridgehead atoms. The van der Waals surface area contributed by atoms with Gasteiger partial charge in [-0.1, -0.05) is 0 Å².